The molecule has 3 aromatic rings. The quantitative estimate of drug-likeness (QED) is 0.413. The molecule has 0 saturated carbocycles. The fourth-order valence-corrected chi connectivity index (χ4v) is 3.91. The summed E-state index contributed by atoms with van der Waals surface area (Å²) in [7, 11) is 0. The van der Waals surface area contributed by atoms with Crippen molar-refractivity contribution in [1.29, 1.82) is 0 Å². The van der Waals surface area contributed by atoms with Gasteiger partial charge in [-0.15, -0.1) is 0 Å². The highest BCUT2D eigenvalue weighted by Crippen LogP contribution is 2.25. The Balaban J connectivity index is 1.36. The molecule has 1 aliphatic carbocycles. The zero-order valence-electron chi connectivity index (χ0n) is 18.9. The molecule has 4 rings (SSSR count). The summed E-state index contributed by atoms with van der Waals surface area (Å²) in [6, 6.07) is 12.9. The number of fused-ring (bicyclic) bond motifs is 1. The largest absolute Gasteiger partial charge is 0.480 e. The van der Waals surface area contributed by atoms with Gasteiger partial charge in [-0.05, 0) is 60.6 Å². The Morgan fingerprint density at radius 3 is 2.32 bits per heavy atom. The van der Waals surface area contributed by atoms with Crippen LogP contribution < -0.4 is 16.0 Å². The molecule has 0 radical (unpaired) electrons. The lowest BCUT2D eigenvalue weighted by Gasteiger charge is -2.16. The van der Waals surface area contributed by atoms with Gasteiger partial charge in [0.2, 0.25) is 5.76 Å². The van der Waals surface area contributed by atoms with E-state index < -0.39 is 17.9 Å². The van der Waals surface area contributed by atoms with Crippen LogP contribution in [0.25, 0.3) is 11.3 Å². The number of carbonyl (C=O) groups excluding carboxylic acids is 2. The first-order valence-electron chi connectivity index (χ1n) is 11.1. The number of benzene rings is 2. The minimum Gasteiger partial charge on any atom is -0.480 e. The van der Waals surface area contributed by atoms with E-state index in [0.717, 1.165) is 24.9 Å². The number of carbonyl (C=O) groups is 3. The molecule has 1 heterocycles. The van der Waals surface area contributed by atoms with Gasteiger partial charge >= 0.3 is 12.0 Å². The Morgan fingerprint density at radius 1 is 0.941 bits per heavy atom. The predicted molar refractivity (Wildman–Crippen MR) is 127 cm³/mol. The van der Waals surface area contributed by atoms with Crippen LogP contribution >= 0.6 is 0 Å². The molecule has 0 bridgehead atoms. The minimum atomic E-state index is -1.12. The maximum absolute atomic E-state index is 12.4. The van der Waals surface area contributed by atoms with Gasteiger partial charge in [0.05, 0.1) is 0 Å². The molecule has 0 fully saturated rings. The first-order chi connectivity index (χ1) is 16.3. The van der Waals surface area contributed by atoms with Gasteiger partial charge in [0, 0.05) is 23.0 Å². The van der Waals surface area contributed by atoms with E-state index in [2.05, 4.69) is 27.2 Å². The number of carboxylic acids is 1. The van der Waals surface area contributed by atoms with E-state index in [0.29, 0.717) is 16.9 Å². The fourth-order valence-electron chi connectivity index (χ4n) is 3.91. The van der Waals surface area contributed by atoms with Gasteiger partial charge in [-0.1, -0.05) is 37.2 Å². The number of hydrogen-bond acceptors (Lipinski definition) is 5. The summed E-state index contributed by atoms with van der Waals surface area (Å²) >= 11 is 0. The van der Waals surface area contributed by atoms with Crippen molar-refractivity contribution in [3.8, 4) is 11.3 Å². The number of carboxylic acid groups (broad SMARTS) is 1. The first kappa shape index (κ1) is 23.0. The minimum absolute atomic E-state index is 0.0853. The third-order valence-electron chi connectivity index (χ3n) is 5.75. The SMILES string of the molecule is CC(C)[C@H](NC(=O)c1cc(-c2ccc(NC(=O)Nc3ccc4c(c3)CCC4)cc2)no1)C(=O)O. The average Bonchev–Trinajstić information content (AvgIpc) is 3.47. The molecule has 0 spiro atoms. The summed E-state index contributed by atoms with van der Waals surface area (Å²) < 4.78 is 5.10. The summed E-state index contributed by atoms with van der Waals surface area (Å²) in [4.78, 5) is 36.0. The van der Waals surface area contributed by atoms with Crippen molar-refractivity contribution in [2.75, 3.05) is 10.6 Å². The number of nitrogens with zero attached hydrogens (tertiary/aromatic N) is 1. The second-order valence-electron chi connectivity index (χ2n) is 8.60. The number of amides is 3. The Kier molecular flexibility index (Phi) is 6.62. The van der Waals surface area contributed by atoms with Crippen LogP contribution in [0.3, 0.4) is 0 Å². The summed E-state index contributed by atoms with van der Waals surface area (Å²) in [5.74, 6) is -2.14. The molecule has 9 nitrogen and oxygen atoms in total. The van der Waals surface area contributed by atoms with E-state index in [-0.39, 0.29) is 17.7 Å². The van der Waals surface area contributed by atoms with E-state index in [4.69, 9.17) is 4.52 Å². The Morgan fingerprint density at radius 2 is 1.62 bits per heavy atom. The van der Waals surface area contributed by atoms with Gasteiger partial charge in [-0.25, -0.2) is 9.59 Å². The number of urea groups is 1. The van der Waals surface area contributed by atoms with Crippen LogP contribution in [0, 0.1) is 5.92 Å². The van der Waals surface area contributed by atoms with Crippen LogP contribution in [0.15, 0.2) is 53.1 Å². The van der Waals surface area contributed by atoms with Gasteiger partial charge in [-0.2, -0.15) is 0 Å². The van der Waals surface area contributed by atoms with Gasteiger partial charge in [0.1, 0.15) is 11.7 Å². The monoisotopic (exact) mass is 462 g/mol. The van der Waals surface area contributed by atoms with Crippen LogP contribution in [0.2, 0.25) is 0 Å². The molecule has 176 valence electrons. The number of anilines is 2. The van der Waals surface area contributed by atoms with Crippen LogP contribution in [-0.2, 0) is 17.6 Å². The molecule has 4 N–H and O–H groups in total. The Bertz CT molecular complexity index is 1220. The lowest BCUT2D eigenvalue weighted by Crippen LogP contribution is -2.44. The molecule has 1 atom stereocenters. The highest BCUT2D eigenvalue weighted by atomic mass is 16.5. The summed E-state index contributed by atoms with van der Waals surface area (Å²) in [6.45, 7) is 3.40. The average molecular weight is 463 g/mol. The second-order valence-corrected chi connectivity index (χ2v) is 8.60. The summed E-state index contributed by atoms with van der Waals surface area (Å²) in [5.41, 5.74) is 5.06. The highest BCUT2D eigenvalue weighted by molar-refractivity contribution is 6.00. The first-order valence-corrected chi connectivity index (χ1v) is 11.1. The molecule has 9 heteroatoms. The van der Waals surface area contributed by atoms with Crippen molar-refractivity contribution in [3.05, 3.63) is 65.4 Å². The van der Waals surface area contributed by atoms with Crippen molar-refractivity contribution >= 4 is 29.3 Å². The topological polar surface area (TPSA) is 134 Å². The maximum Gasteiger partial charge on any atom is 0.326 e. The lowest BCUT2D eigenvalue weighted by molar-refractivity contribution is -0.140. The molecule has 2 aromatic carbocycles. The van der Waals surface area contributed by atoms with Crippen molar-refractivity contribution in [3.63, 3.8) is 0 Å². The third-order valence-corrected chi connectivity index (χ3v) is 5.75. The predicted octanol–water partition coefficient (Wildman–Crippen LogP) is 4.31. The fraction of sp³-hybridized carbons (Fsp3) is 0.280. The number of aryl methyl sites for hydroxylation is 2. The smallest absolute Gasteiger partial charge is 0.326 e. The molecule has 1 aromatic heterocycles. The lowest BCUT2D eigenvalue weighted by atomic mass is 10.0. The zero-order chi connectivity index (χ0) is 24.2. The van der Waals surface area contributed by atoms with Gasteiger partial charge in [-0.3, -0.25) is 4.79 Å². The van der Waals surface area contributed by atoms with E-state index in [9.17, 15) is 19.5 Å². The molecule has 1 aliphatic rings. The van der Waals surface area contributed by atoms with E-state index in [1.165, 1.54) is 17.2 Å². The number of aliphatic carboxylic acids is 1. The van der Waals surface area contributed by atoms with Crippen LogP contribution in [0.4, 0.5) is 16.2 Å². The normalized spacial score (nSPS) is 13.3. The zero-order valence-corrected chi connectivity index (χ0v) is 18.9. The number of rotatable bonds is 7. The molecule has 3 amide bonds. The number of nitrogens with one attached hydrogen (secondary N) is 3. The van der Waals surface area contributed by atoms with Crippen LogP contribution in [0.5, 0.6) is 0 Å². The molecule has 0 unspecified atom stereocenters. The van der Waals surface area contributed by atoms with Crippen LogP contribution in [0.1, 0.15) is 41.9 Å². The maximum atomic E-state index is 12.4. The van der Waals surface area contributed by atoms with E-state index >= 15 is 0 Å². The van der Waals surface area contributed by atoms with Crippen LogP contribution in [-0.4, -0.2) is 34.2 Å². The van der Waals surface area contributed by atoms with Gasteiger partial charge < -0.3 is 25.6 Å². The second kappa shape index (κ2) is 9.78. The van der Waals surface area contributed by atoms with Crippen molar-refractivity contribution < 1.29 is 24.0 Å². The van der Waals surface area contributed by atoms with Gasteiger partial charge in [0.25, 0.3) is 5.91 Å². The number of aromatic nitrogens is 1. The standard InChI is InChI=1S/C25H26N4O5/c1-14(2)22(24(31)32)28-23(30)21-13-20(29-34-21)16-7-9-18(10-8-16)26-25(33)27-19-11-6-15-4-3-5-17(15)12-19/h6-14,22H,3-5H2,1-2H3,(H,28,30)(H,31,32)(H2,26,27,33)/t22-/m0/s1. The Hall–Kier alpha value is -4.14. The van der Waals surface area contributed by atoms with Crippen molar-refractivity contribution in [1.82, 2.24) is 10.5 Å². The third kappa shape index (κ3) is 5.25. The summed E-state index contributed by atoms with van der Waals surface area (Å²) in [5, 5.41) is 21.2. The molecule has 0 saturated heterocycles. The van der Waals surface area contributed by atoms with E-state index in [1.54, 1.807) is 38.1 Å². The van der Waals surface area contributed by atoms with Crippen molar-refractivity contribution in [2.45, 2.75) is 39.2 Å². The molecule has 0 aliphatic heterocycles. The number of hydrogen-bond donors (Lipinski definition) is 4. The van der Waals surface area contributed by atoms with Crippen molar-refractivity contribution in [2.24, 2.45) is 5.92 Å². The molecular formula is C25H26N4O5. The van der Waals surface area contributed by atoms with E-state index in [1.807, 2.05) is 12.1 Å². The highest BCUT2D eigenvalue weighted by Gasteiger charge is 2.26. The molecule has 34 heavy (non-hydrogen) atoms. The van der Waals surface area contributed by atoms with Gasteiger partial charge in [0.15, 0.2) is 0 Å². The summed E-state index contributed by atoms with van der Waals surface area (Å²) in [6.07, 6.45) is 3.28. The molecular weight excluding hydrogens is 436 g/mol. The Labute approximate surface area is 196 Å².